The number of carbonyl (C=O) groups is 2. The molecule has 1 N–H and O–H groups in total. The van der Waals surface area contributed by atoms with Gasteiger partial charge in [0.1, 0.15) is 13.2 Å². The van der Waals surface area contributed by atoms with E-state index in [1.807, 2.05) is 19.9 Å². The van der Waals surface area contributed by atoms with Crippen LogP contribution in [0.3, 0.4) is 0 Å². The predicted molar refractivity (Wildman–Crippen MR) is 72.1 cm³/mol. The van der Waals surface area contributed by atoms with Crippen molar-refractivity contribution in [2.45, 2.75) is 26.4 Å². The van der Waals surface area contributed by atoms with Gasteiger partial charge in [-0.2, -0.15) is 0 Å². The number of carboxylic acids is 1. The molecule has 0 saturated carbocycles. The zero-order chi connectivity index (χ0) is 14.3. The van der Waals surface area contributed by atoms with Crippen LogP contribution in [0.25, 0.3) is 0 Å². The number of rotatable bonds is 7. The fourth-order valence-electron chi connectivity index (χ4n) is 1.48. The Bertz CT molecular complexity index is 419. The van der Waals surface area contributed by atoms with Gasteiger partial charge in [-0.15, -0.1) is 0 Å². The summed E-state index contributed by atoms with van der Waals surface area (Å²) < 4.78 is 5.35. The lowest BCUT2D eigenvalue weighted by Crippen LogP contribution is -2.38. The average molecular weight is 265 g/mol. The summed E-state index contributed by atoms with van der Waals surface area (Å²) in [6, 6.07) is 8.72. The first-order valence-electron chi connectivity index (χ1n) is 6.23. The molecule has 0 aliphatic heterocycles. The molecule has 0 aliphatic rings. The summed E-state index contributed by atoms with van der Waals surface area (Å²) in [4.78, 5) is 24.1. The zero-order valence-corrected chi connectivity index (χ0v) is 11.2. The number of hydrogen-bond donors (Lipinski definition) is 1. The van der Waals surface area contributed by atoms with Gasteiger partial charge < -0.3 is 9.84 Å². The number of benzene rings is 1. The van der Waals surface area contributed by atoms with E-state index in [0.29, 0.717) is 5.69 Å². The number of hydrogen-bond acceptors (Lipinski definition) is 3. The normalized spacial score (nSPS) is 11.9. The lowest BCUT2D eigenvalue weighted by atomic mass is 10.2. The molecular formula is C14H19NO4. The fraction of sp³-hybridized carbons (Fsp3) is 0.429. The highest BCUT2D eigenvalue weighted by Gasteiger charge is 2.19. The maximum Gasteiger partial charge on any atom is 0.323 e. The minimum absolute atomic E-state index is 0.0219. The molecule has 1 aromatic rings. The van der Waals surface area contributed by atoms with Crippen molar-refractivity contribution in [2.75, 3.05) is 18.1 Å². The Hall–Kier alpha value is -1.88. The highest BCUT2D eigenvalue weighted by molar-refractivity contribution is 5.98. The van der Waals surface area contributed by atoms with Gasteiger partial charge >= 0.3 is 5.97 Å². The third kappa shape index (κ3) is 5.09. The third-order valence-corrected chi connectivity index (χ3v) is 2.73. The maximum absolute atomic E-state index is 12.0. The summed E-state index contributed by atoms with van der Waals surface area (Å²) in [7, 11) is 0. The molecule has 0 aromatic heterocycles. The van der Waals surface area contributed by atoms with Crippen molar-refractivity contribution < 1.29 is 19.4 Å². The van der Waals surface area contributed by atoms with Crippen LogP contribution >= 0.6 is 0 Å². The molecule has 0 fully saturated rings. The number of anilines is 1. The molecule has 1 aromatic carbocycles. The molecular weight excluding hydrogens is 246 g/mol. The number of carbonyl (C=O) groups excluding carboxylic acids is 1. The Morgan fingerprint density at radius 2 is 1.95 bits per heavy atom. The number of ether oxygens (including phenoxy) is 1. The molecule has 19 heavy (non-hydrogen) atoms. The highest BCUT2D eigenvalue weighted by Crippen LogP contribution is 2.13. The van der Waals surface area contributed by atoms with Gasteiger partial charge in [-0.05, 0) is 25.5 Å². The molecule has 104 valence electrons. The van der Waals surface area contributed by atoms with Gasteiger partial charge in [0.15, 0.2) is 0 Å². The van der Waals surface area contributed by atoms with Crippen molar-refractivity contribution in [3.05, 3.63) is 30.3 Å². The molecule has 1 atom stereocenters. The molecule has 0 radical (unpaired) electrons. The molecule has 1 amide bonds. The van der Waals surface area contributed by atoms with Gasteiger partial charge in [0.05, 0.1) is 6.10 Å². The van der Waals surface area contributed by atoms with Crippen molar-refractivity contribution >= 4 is 17.6 Å². The van der Waals surface area contributed by atoms with Crippen molar-refractivity contribution in [3.8, 4) is 0 Å². The number of carboxylic acid groups (broad SMARTS) is 1. The van der Waals surface area contributed by atoms with Crippen LogP contribution in [-0.2, 0) is 14.3 Å². The SMILES string of the molecule is CCC(C)OCC(=O)N(CC(=O)O)c1ccccc1. The minimum atomic E-state index is -1.05. The van der Waals surface area contributed by atoms with E-state index in [0.717, 1.165) is 6.42 Å². The van der Waals surface area contributed by atoms with Crippen LogP contribution in [0.2, 0.25) is 0 Å². The van der Waals surface area contributed by atoms with Crippen molar-refractivity contribution in [2.24, 2.45) is 0 Å². The van der Waals surface area contributed by atoms with Gasteiger partial charge in [-0.3, -0.25) is 14.5 Å². The first kappa shape index (κ1) is 15.2. The van der Waals surface area contributed by atoms with Gasteiger partial charge in [0.2, 0.25) is 0 Å². The van der Waals surface area contributed by atoms with Crippen LogP contribution in [0.1, 0.15) is 20.3 Å². The first-order valence-corrected chi connectivity index (χ1v) is 6.23. The second-order valence-electron chi connectivity index (χ2n) is 4.24. The van der Waals surface area contributed by atoms with Gasteiger partial charge in [-0.25, -0.2) is 0 Å². The van der Waals surface area contributed by atoms with E-state index in [9.17, 15) is 9.59 Å². The molecule has 0 heterocycles. The number of aliphatic carboxylic acids is 1. The number of amides is 1. The molecule has 5 heteroatoms. The third-order valence-electron chi connectivity index (χ3n) is 2.73. The smallest absolute Gasteiger partial charge is 0.323 e. The van der Waals surface area contributed by atoms with E-state index in [-0.39, 0.29) is 25.2 Å². The monoisotopic (exact) mass is 265 g/mol. The van der Waals surface area contributed by atoms with Gasteiger partial charge in [-0.1, -0.05) is 25.1 Å². The predicted octanol–water partition coefficient (Wildman–Crippen LogP) is 1.92. The summed E-state index contributed by atoms with van der Waals surface area (Å²) in [5.41, 5.74) is 0.558. The van der Waals surface area contributed by atoms with Crippen molar-refractivity contribution in [1.82, 2.24) is 0 Å². The molecule has 1 unspecified atom stereocenters. The summed E-state index contributed by atoms with van der Waals surface area (Å²) >= 11 is 0. The Labute approximate surface area is 112 Å². The first-order chi connectivity index (χ1) is 9.04. The lowest BCUT2D eigenvalue weighted by Gasteiger charge is -2.21. The summed E-state index contributed by atoms with van der Waals surface area (Å²) in [6.07, 6.45) is 0.781. The van der Waals surface area contributed by atoms with Crippen LogP contribution < -0.4 is 4.90 Å². The Kier molecular flexibility index (Phi) is 6.02. The average Bonchev–Trinajstić information content (AvgIpc) is 2.42. The van der Waals surface area contributed by atoms with Crippen LogP contribution in [0, 0.1) is 0 Å². The molecule has 1 rings (SSSR count). The largest absolute Gasteiger partial charge is 0.480 e. The second kappa shape index (κ2) is 7.53. The highest BCUT2D eigenvalue weighted by atomic mass is 16.5. The maximum atomic E-state index is 12.0. The Morgan fingerprint density at radius 1 is 1.32 bits per heavy atom. The summed E-state index contributed by atoms with van der Waals surface area (Å²) in [6.45, 7) is 3.35. The van der Waals surface area contributed by atoms with Crippen LogP contribution in [0.5, 0.6) is 0 Å². The Morgan fingerprint density at radius 3 is 2.47 bits per heavy atom. The fourth-order valence-corrected chi connectivity index (χ4v) is 1.48. The molecule has 0 aliphatic carbocycles. The molecule has 0 saturated heterocycles. The van der Waals surface area contributed by atoms with E-state index in [4.69, 9.17) is 9.84 Å². The zero-order valence-electron chi connectivity index (χ0n) is 11.2. The van der Waals surface area contributed by atoms with Crippen molar-refractivity contribution in [3.63, 3.8) is 0 Å². The number of nitrogens with zero attached hydrogens (tertiary/aromatic N) is 1. The number of para-hydroxylation sites is 1. The van der Waals surface area contributed by atoms with Crippen LogP contribution in [0.4, 0.5) is 5.69 Å². The summed E-state index contributed by atoms with van der Waals surface area (Å²) in [5, 5.41) is 8.88. The topological polar surface area (TPSA) is 66.8 Å². The quantitative estimate of drug-likeness (QED) is 0.818. The van der Waals surface area contributed by atoms with Crippen LogP contribution in [-0.4, -0.2) is 36.2 Å². The van der Waals surface area contributed by atoms with E-state index in [2.05, 4.69) is 0 Å². The minimum Gasteiger partial charge on any atom is -0.480 e. The van der Waals surface area contributed by atoms with Gasteiger partial charge in [0, 0.05) is 5.69 Å². The Balaban J connectivity index is 2.74. The molecule has 0 bridgehead atoms. The van der Waals surface area contributed by atoms with E-state index in [1.54, 1.807) is 24.3 Å². The summed E-state index contributed by atoms with van der Waals surface area (Å²) in [5.74, 6) is -1.41. The van der Waals surface area contributed by atoms with Crippen molar-refractivity contribution in [1.29, 1.82) is 0 Å². The standard InChI is InChI=1S/C14H19NO4/c1-3-11(2)19-10-13(16)15(9-14(17)18)12-7-5-4-6-8-12/h4-8,11H,3,9-10H2,1-2H3,(H,17,18). The van der Waals surface area contributed by atoms with E-state index < -0.39 is 5.97 Å². The van der Waals surface area contributed by atoms with Crippen LogP contribution in [0.15, 0.2) is 30.3 Å². The van der Waals surface area contributed by atoms with E-state index >= 15 is 0 Å². The molecule has 0 spiro atoms. The van der Waals surface area contributed by atoms with Gasteiger partial charge in [0.25, 0.3) is 5.91 Å². The lowest BCUT2D eigenvalue weighted by molar-refractivity contribution is -0.137. The van der Waals surface area contributed by atoms with E-state index in [1.165, 1.54) is 4.90 Å². The molecule has 5 nitrogen and oxygen atoms in total. The second-order valence-corrected chi connectivity index (χ2v) is 4.24.